The van der Waals surface area contributed by atoms with Gasteiger partial charge in [0.1, 0.15) is 5.82 Å². The standard InChI is InChI=1S/C14H14BrF4NO/c15-11-7-10(5-6-12(11)16)20-13(21)8-1-3-9(4-2-8)14(17,18)19/h5-9H,1-4H2,(H,20,21). The van der Waals surface area contributed by atoms with Crippen LogP contribution >= 0.6 is 15.9 Å². The van der Waals surface area contributed by atoms with E-state index in [2.05, 4.69) is 21.2 Å². The molecular weight excluding hydrogens is 354 g/mol. The minimum absolute atomic E-state index is 0.0191. The van der Waals surface area contributed by atoms with Gasteiger partial charge < -0.3 is 5.32 Å². The summed E-state index contributed by atoms with van der Waals surface area (Å²) in [5.74, 6) is -2.48. The van der Waals surface area contributed by atoms with Crippen molar-refractivity contribution >= 4 is 27.5 Å². The number of rotatable bonds is 2. The maximum absolute atomic E-state index is 13.1. The van der Waals surface area contributed by atoms with Crippen molar-refractivity contribution in [2.75, 3.05) is 5.32 Å². The molecule has 0 atom stereocenters. The molecule has 1 fully saturated rings. The molecule has 1 amide bonds. The third-order valence-electron chi connectivity index (χ3n) is 3.75. The molecular formula is C14H14BrF4NO. The van der Waals surface area contributed by atoms with Crippen LogP contribution in [0.5, 0.6) is 0 Å². The summed E-state index contributed by atoms with van der Waals surface area (Å²) in [6.07, 6.45) is -3.77. The van der Waals surface area contributed by atoms with Crippen molar-refractivity contribution < 1.29 is 22.4 Å². The maximum atomic E-state index is 13.1. The van der Waals surface area contributed by atoms with Crippen LogP contribution in [0.15, 0.2) is 22.7 Å². The molecule has 21 heavy (non-hydrogen) atoms. The highest BCUT2D eigenvalue weighted by molar-refractivity contribution is 9.10. The maximum Gasteiger partial charge on any atom is 0.391 e. The Morgan fingerprint density at radius 2 is 1.81 bits per heavy atom. The highest BCUT2D eigenvalue weighted by atomic mass is 79.9. The molecule has 0 saturated heterocycles. The van der Waals surface area contributed by atoms with Crippen molar-refractivity contribution in [2.24, 2.45) is 11.8 Å². The van der Waals surface area contributed by atoms with Crippen LogP contribution < -0.4 is 5.32 Å². The molecule has 2 nitrogen and oxygen atoms in total. The fourth-order valence-electron chi connectivity index (χ4n) is 2.50. The average Bonchev–Trinajstić information content (AvgIpc) is 2.42. The third-order valence-corrected chi connectivity index (χ3v) is 4.36. The van der Waals surface area contributed by atoms with E-state index < -0.39 is 23.8 Å². The Bertz CT molecular complexity index is 524. The van der Waals surface area contributed by atoms with Crippen molar-refractivity contribution in [3.63, 3.8) is 0 Å². The molecule has 0 radical (unpaired) electrons. The monoisotopic (exact) mass is 367 g/mol. The number of hydrogen-bond acceptors (Lipinski definition) is 1. The molecule has 1 aromatic carbocycles. The summed E-state index contributed by atoms with van der Waals surface area (Å²) >= 11 is 3.01. The second-order valence-electron chi connectivity index (χ2n) is 5.21. The predicted octanol–water partition coefficient (Wildman–Crippen LogP) is 4.90. The number of benzene rings is 1. The normalized spacial score (nSPS) is 22.9. The Kier molecular flexibility index (Phi) is 4.91. The van der Waals surface area contributed by atoms with E-state index in [4.69, 9.17) is 0 Å². The minimum Gasteiger partial charge on any atom is -0.326 e. The molecule has 1 aromatic rings. The molecule has 0 bridgehead atoms. The molecule has 7 heteroatoms. The highest BCUT2D eigenvalue weighted by Crippen LogP contribution is 2.39. The first-order valence-electron chi connectivity index (χ1n) is 6.60. The largest absolute Gasteiger partial charge is 0.391 e. The molecule has 2 rings (SSSR count). The smallest absolute Gasteiger partial charge is 0.326 e. The fraction of sp³-hybridized carbons (Fsp3) is 0.500. The van der Waals surface area contributed by atoms with E-state index in [1.54, 1.807) is 0 Å². The first-order valence-corrected chi connectivity index (χ1v) is 7.39. The van der Waals surface area contributed by atoms with Gasteiger partial charge in [-0.15, -0.1) is 0 Å². The quantitative estimate of drug-likeness (QED) is 0.740. The molecule has 0 unspecified atom stereocenters. The van der Waals surface area contributed by atoms with Crippen LogP contribution in [0.1, 0.15) is 25.7 Å². The Balaban J connectivity index is 1.92. The SMILES string of the molecule is O=C(Nc1ccc(F)c(Br)c1)C1CCC(C(F)(F)F)CC1. The summed E-state index contributed by atoms with van der Waals surface area (Å²) in [7, 11) is 0. The van der Waals surface area contributed by atoms with E-state index in [0.29, 0.717) is 5.69 Å². The van der Waals surface area contributed by atoms with Gasteiger partial charge in [-0.1, -0.05) is 0 Å². The van der Waals surface area contributed by atoms with E-state index in [0.717, 1.165) is 0 Å². The lowest BCUT2D eigenvalue weighted by Crippen LogP contribution is -2.32. The van der Waals surface area contributed by atoms with Crippen molar-refractivity contribution in [3.8, 4) is 0 Å². The van der Waals surface area contributed by atoms with Gasteiger partial charge in [-0.25, -0.2) is 4.39 Å². The molecule has 1 aliphatic carbocycles. The summed E-state index contributed by atoms with van der Waals surface area (Å²) in [6, 6.07) is 4.05. The molecule has 0 aromatic heterocycles. The fourth-order valence-corrected chi connectivity index (χ4v) is 2.88. The molecule has 116 valence electrons. The number of anilines is 1. The lowest BCUT2D eigenvalue weighted by molar-refractivity contribution is -0.184. The van der Waals surface area contributed by atoms with Crippen molar-refractivity contribution in [2.45, 2.75) is 31.9 Å². The topological polar surface area (TPSA) is 29.1 Å². The summed E-state index contributed by atoms with van der Waals surface area (Å²) in [5.41, 5.74) is 0.422. The van der Waals surface area contributed by atoms with E-state index in [9.17, 15) is 22.4 Å². The molecule has 0 heterocycles. The first-order chi connectivity index (χ1) is 9.77. The zero-order chi connectivity index (χ0) is 15.6. The predicted molar refractivity (Wildman–Crippen MR) is 74.2 cm³/mol. The number of nitrogens with one attached hydrogen (secondary N) is 1. The van der Waals surface area contributed by atoms with Crippen LogP contribution in [0, 0.1) is 17.7 Å². The second-order valence-corrected chi connectivity index (χ2v) is 6.06. The van der Waals surface area contributed by atoms with Crippen molar-refractivity contribution in [3.05, 3.63) is 28.5 Å². The Morgan fingerprint density at radius 3 is 2.33 bits per heavy atom. The van der Waals surface area contributed by atoms with Crippen LogP contribution in [-0.2, 0) is 4.79 Å². The van der Waals surface area contributed by atoms with Gasteiger partial charge in [0.2, 0.25) is 5.91 Å². The summed E-state index contributed by atoms with van der Waals surface area (Å²) in [6.45, 7) is 0. The summed E-state index contributed by atoms with van der Waals surface area (Å²) in [4.78, 5) is 12.0. The van der Waals surface area contributed by atoms with Gasteiger partial charge in [-0.3, -0.25) is 4.79 Å². The third kappa shape index (κ3) is 4.18. The molecule has 1 N–H and O–H groups in total. The lowest BCUT2D eigenvalue weighted by Gasteiger charge is -2.29. The van der Waals surface area contributed by atoms with Crippen molar-refractivity contribution in [1.82, 2.24) is 0 Å². The Hall–Kier alpha value is -1.11. The summed E-state index contributed by atoms with van der Waals surface area (Å²) in [5, 5.41) is 2.62. The van der Waals surface area contributed by atoms with E-state index in [1.165, 1.54) is 18.2 Å². The van der Waals surface area contributed by atoms with Crippen LogP contribution in [-0.4, -0.2) is 12.1 Å². The molecule has 0 spiro atoms. The molecule has 1 saturated carbocycles. The first kappa shape index (κ1) is 16.3. The van der Waals surface area contributed by atoms with Gasteiger partial charge in [-0.05, 0) is 59.8 Å². The Morgan fingerprint density at radius 1 is 1.19 bits per heavy atom. The molecule has 0 aliphatic heterocycles. The van der Waals surface area contributed by atoms with Gasteiger partial charge in [0.15, 0.2) is 0 Å². The van der Waals surface area contributed by atoms with E-state index in [1.807, 2.05) is 0 Å². The van der Waals surface area contributed by atoms with Crippen LogP contribution in [0.2, 0.25) is 0 Å². The number of hydrogen-bond donors (Lipinski definition) is 1. The summed E-state index contributed by atoms with van der Waals surface area (Å²) < 4.78 is 51.0. The van der Waals surface area contributed by atoms with Gasteiger partial charge in [0.25, 0.3) is 0 Å². The molecule has 1 aliphatic rings. The zero-order valence-electron chi connectivity index (χ0n) is 11.0. The van der Waals surface area contributed by atoms with Gasteiger partial charge in [0, 0.05) is 11.6 Å². The lowest BCUT2D eigenvalue weighted by atomic mass is 9.81. The number of alkyl halides is 3. The number of halogens is 5. The minimum atomic E-state index is -4.18. The van der Waals surface area contributed by atoms with E-state index >= 15 is 0 Å². The van der Waals surface area contributed by atoms with Crippen LogP contribution in [0.4, 0.5) is 23.2 Å². The highest BCUT2D eigenvalue weighted by Gasteiger charge is 2.42. The van der Waals surface area contributed by atoms with Crippen LogP contribution in [0.25, 0.3) is 0 Å². The number of carbonyl (C=O) groups is 1. The number of carbonyl (C=O) groups excluding carboxylic acids is 1. The van der Waals surface area contributed by atoms with Gasteiger partial charge in [0.05, 0.1) is 10.4 Å². The zero-order valence-corrected chi connectivity index (χ0v) is 12.6. The second kappa shape index (κ2) is 6.34. The van der Waals surface area contributed by atoms with Crippen molar-refractivity contribution in [1.29, 1.82) is 0 Å². The van der Waals surface area contributed by atoms with Gasteiger partial charge in [-0.2, -0.15) is 13.2 Å². The Labute approximate surface area is 128 Å². The number of amides is 1. The van der Waals surface area contributed by atoms with Crippen LogP contribution in [0.3, 0.4) is 0 Å². The van der Waals surface area contributed by atoms with E-state index in [-0.39, 0.29) is 36.1 Å². The average molecular weight is 368 g/mol. The van der Waals surface area contributed by atoms with Gasteiger partial charge >= 0.3 is 6.18 Å².